The molecule has 1 aromatic carbocycles. The first-order chi connectivity index (χ1) is 14.1. The van der Waals surface area contributed by atoms with Gasteiger partial charge in [0.15, 0.2) is 4.75 Å². The molecule has 0 aliphatic carbocycles. The molecule has 0 unspecified atom stereocenters. The Kier molecular flexibility index (Phi) is 8.50. The molecule has 176 valence electrons. The van der Waals surface area contributed by atoms with E-state index < -0.39 is 26.2 Å². The van der Waals surface area contributed by atoms with E-state index in [1.54, 1.807) is 12.1 Å². The number of hydrogen-bond acceptors (Lipinski definition) is 7. The van der Waals surface area contributed by atoms with Crippen molar-refractivity contribution in [2.75, 3.05) is 44.3 Å². The van der Waals surface area contributed by atoms with Gasteiger partial charge in [0.25, 0.3) is 5.91 Å². The summed E-state index contributed by atoms with van der Waals surface area (Å²) in [6.07, 6.45) is -0.111. The summed E-state index contributed by atoms with van der Waals surface area (Å²) >= 11 is -0.195. The minimum Gasteiger partial charge on any atom is -0.381 e. The molecule has 1 aromatic rings. The van der Waals surface area contributed by atoms with E-state index in [1.807, 2.05) is 4.90 Å². The van der Waals surface area contributed by atoms with E-state index in [0.29, 0.717) is 18.8 Å². The lowest BCUT2D eigenvalue weighted by Crippen LogP contribution is -2.62. The number of benzene rings is 1. The molecule has 8 nitrogen and oxygen atoms in total. The van der Waals surface area contributed by atoms with Gasteiger partial charge in [-0.1, -0.05) is 0 Å². The van der Waals surface area contributed by atoms with Crippen LogP contribution in [0.4, 0.5) is 18.9 Å². The number of rotatable bonds is 5. The van der Waals surface area contributed by atoms with Crippen molar-refractivity contribution in [2.24, 2.45) is 0 Å². The van der Waals surface area contributed by atoms with E-state index in [-0.39, 0.29) is 68.2 Å². The number of nitrogens with zero attached hydrogens (tertiary/aromatic N) is 2. The summed E-state index contributed by atoms with van der Waals surface area (Å²) in [4.78, 5) is 14.2. The third kappa shape index (κ3) is 5.57. The van der Waals surface area contributed by atoms with E-state index in [0.717, 1.165) is 0 Å². The zero-order chi connectivity index (χ0) is 22.0. The summed E-state index contributed by atoms with van der Waals surface area (Å²) in [6.45, 7) is 1.05. The van der Waals surface area contributed by atoms with Crippen molar-refractivity contribution in [3.8, 4) is 0 Å². The number of ether oxygens (including phenoxy) is 1. The Balaban J connectivity index is 0.00000341. The third-order valence-electron chi connectivity index (χ3n) is 5.32. The molecule has 0 spiro atoms. The predicted molar refractivity (Wildman–Crippen MR) is 111 cm³/mol. The first-order valence-electron chi connectivity index (χ1n) is 9.22. The van der Waals surface area contributed by atoms with Crippen LogP contribution in [0, 0.1) is 0 Å². The van der Waals surface area contributed by atoms with Gasteiger partial charge in [-0.2, -0.15) is 17.5 Å². The summed E-state index contributed by atoms with van der Waals surface area (Å²) in [7, 11) is -4.06. The molecule has 2 N–H and O–H groups in total. The number of anilines is 1. The van der Waals surface area contributed by atoms with Crippen LogP contribution in [0.3, 0.4) is 0 Å². The number of hydrogen-bond donors (Lipinski definition) is 2. The lowest BCUT2D eigenvalue weighted by Gasteiger charge is -2.42. The molecule has 31 heavy (non-hydrogen) atoms. The lowest BCUT2D eigenvalue weighted by atomic mass is 9.98. The van der Waals surface area contributed by atoms with Crippen molar-refractivity contribution in [2.45, 2.75) is 28.0 Å². The molecular formula is C17H23ClF3N3O5S2. The molecule has 3 rings (SSSR count). The van der Waals surface area contributed by atoms with Crippen molar-refractivity contribution < 1.29 is 36.3 Å². The van der Waals surface area contributed by atoms with Crippen molar-refractivity contribution >= 4 is 45.8 Å². The normalized spacial score (nSPS) is 20.1. The van der Waals surface area contributed by atoms with Crippen molar-refractivity contribution in [1.82, 2.24) is 9.79 Å². The fourth-order valence-corrected chi connectivity index (χ4v) is 6.34. The molecular weight excluding hydrogens is 483 g/mol. The molecule has 2 heterocycles. The Hall–Kier alpha value is -1.25. The van der Waals surface area contributed by atoms with Gasteiger partial charge in [0, 0.05) is 62.8 Å². The zero-order valence-corrected chi connectivity index (χ0v) is 18.7. The van der Waals surface area contributed by atoms with E-state index >= 15 is 0 Å². The van der Waals surface area contributed by atoms with E-state index in [1.165, 1.54) is 21.9 Å². The highest BCUT2D eigenvalue weighted by Crippen LogP contribution is 2.38. The van der Waals surface area contributed by atoms with Crippen LogP contribution >= 0.6 is 24.2 Å². The summed E-state index contributed by atoms with van der Waals surface area (Å²) in [5.74, 6) is -0.967. The maximum atomic E-state index is 13.3. The maximum Gasteiger partial charge on any atom is 0.446 e. The second-order valence-electron chi connectivity index (χ2n) is 6.98. The number of alkyl halides is 3. The first-order valence-corrected chi connectivity index (χ1v) is 11.5. The van der Waals surface area contributed by atoms with Gasteiger partial charge in [-0.25, -0.2) is 13.9 Å². The number of carbonyl (C=O) groups is 1. The number of thioether (sulfide) groups is 1. The monoisotopic (exact) mass is 505 g/mol. The number of sulfonamides is 1. The Labute approximate surface area is 188 Å². The largest absolute Gasteiger partial charge is 0.446 e. The van der Waals surface area contributed by atoms with Gasteiger partial charge in [-0.3, -0.25) is 10.0 Å². The number of hydroxylamine groups is 1. The van der Waals surface area contributed by atoms with Crippen molar-refractivity contribution in [3.05, 3.63) is 24.3 Å². The van der Waals surface area contributed by atoms with Gasteiger partial charge in [0.2, 0.25) is 10.0 Å². The van der Waals surface area contributed by atoms with Crippen LogP contribution in [0.1, 0.15) is 12.8 Å². The average Bonchev–Trinajstić information content (AvgIpc) is 2.73. The molecule has 0 atom stereocenters. The maximum absolute atomic E-state index is 13.3. The minimum atomic E-state index is -4.36. The lowest BCUT2D eigenvalue weighted by molar-refractivity contribution is -0.134. The smallest absolute Gasteiger partial charge is 0.381 e. The molecule has 2 aliphatic rings. The van der Waals surface area contributed by atoms with E-state index in [2.05, 4.69) is 0 Å². The third-order valence-corrected chi connectivity index (χ3v) is 8.69. The topological polar surface area (TPSA) is 99.2 Å². The van der Waals surface area contributed by atoms with Crippen molar-refractivity contribution in [1.29, 1.82) is 0 Å². The van der Waals surface area contributed by atoms with Crippen molar-refractivity contribution in [3.63, 3.8) is 0 Å². The minimum absolute atomic E-state index is 0. The summed E-state index contributed by atoms with van der Waals surface area (Å²) in [5.41, 5.74) is -2.19. The fourth-order valence-electron chi connectivity index (χ4n) is 3.70. The molecule has 2 saturated heterocycles. The second kappa shape index (κ2) is 10.1. The van der Waals surface area contributed by atoms with Gasteiger partial charge in [0.05, 0.1) is 0 Å². The summed E-state index contributed by atoms with van der Waals surface area (Å²) < 4.78 is 68.5. The summed E-state index contributed by atoms with van der Waals surface area (Å²) in [5, 5.41) is 9.09. The molecule has 0 bridgehead atoms. The second-order valence-corrected chi connectivity index (χ2v) is 10.4. The number of halogens is 4. The van der Waals surface area contributed by atoms with E-state index in [4.69, 9.17) is 9.94 Å². The predicted octanol–water partition coefficient (Wildman–Crippen LogP) is 2.23. The molecule has 0 aromatic heterocycles. The van der Waals surface area contributed by atoms with Gasteiger partial charge >= 0.3 is 5.51 Å². The number of carbonyl (C=O) groups excluding carboxylic acids is 1. The van der Waals surface area contributed by atoms with Crippen LogP contribution < -0.4 is 10.4 Å². The van der Waals surface area contributed by atoms with Crippen LogP contribution in [0.15, 0.2) is 29.2 Å². The fraction of sp³-hybridized carbons (Fsp3) is 0.588. The molecule has 1 amide bonds. The summed E-state index contributed by atoms with van der Waals surface area (Å²) in [6, 6.07) is 5.88. The zero-order valence-electron chi connectivity index (χ0n) is 16.3. The highest BCUT2D eigenvalue weighted by Gasteiger charge is 2.54. The van der Waals surface area contributed by atoms with Crippen LogP contribution in [0.5, 0.6) is 0 Å². The Morgan fingerprint density at radius 1 is 1.10 bits per heavy atom. The quantitative estimate of drug-likeness (QED) is 0.359. The molecule has 2 aliphatic heterocycles. The van der Waals surface area contributed by atoms with E-state index in [9.17, 15) is 26.4 Å². The van der Waals surface area contributed by atoms with Crippen LogP contribution in [0.25, 0.3) is 0 Å². The van der Waals surface area contributed by atoms with Gasteiger partial charge in [-0.05, 0) is 36.0 Å². The van der Waals surface area contributed by atoms with Crippen LogP contribution in [-0.4, -0.2) is 73.5 Å². The number of nitrogens with one attached hydrogen (secondary N) is 1. The van der Waals surface area contributed by atoms with Gasteiger partial charge < -0.3 is 9.64 Å². The van der Waals surface area contributed by atoms with Gasteiger partial charge in [0.1, 0.15) is 0 Å². The highest BCUT2D eigenvalue weighted by atomic mass is 35.5. The SMILES string of the molecule is Cl.O=C(NO)C1(S(=O)(=O)N2CCN(c3ccc(SC(F)(F)F)cc3)CC2)CCOCC1. The Morgan fingerprint density at radius 2 is 1.65 bits per heavy atom. The molecule has 0 radical (unpaired) electrons. The first kappa shape index (κ1) is 26.0. The van der Waals surface area contributed by atoms with Crippen LogP contribution in [0.2, 0.25) is 0 Å². The van der Waals surface area contributed by atoms with Crippen LogP contribution in [-0.2, 0) is 19.6 Å². The average molecular weight is 506 g/mol. The Morgan fingerprint density at radius 3 is 2.13 bits per heavy atom. The molecule has 0 saturated carbocycles. The highest BCUT2D eigenvalue weighted by molar-refractivity contribution is 8.00. The molecule has 14 heteroatoms. The molecule has 2 fully saturated rings. The number of piperazine rings is 1. The number of amides is 1. The van der Waals surface area contributed by atoms with Gasteiger partial charge in [-0.15, -0.1) is 12.4 Å². The Bertz CT molecular complexity index is 857. The standard InChI is InChI=1S/C17H22F3N3O5S2.ClH/c18-17(19,20)29-14-3-1-13(2-4-14)22-7-9-23(10-8-22)30(26,27)16(15(24)21-25)5-11-28-12-6-16;/h1-4,25H,5-12H2,(H,21,24);1H.